The van der Waals surface area contributed by atoms with Crippen LogP contribution in [0.2, 0.25) is 0 Å². The minimum absolute atomic E-state index is 1.13. The van der Waals surface area contributed by atoms with Crippen LogP contribution in [-0.4, -0.2) is 9.97 Å². The lowest BCUT2D eigenvalue weighted by Gasteiger charge is -2.07. The van der Waals surface area contributed by atoms with Gasteiger partial charge in [0.25, 0.3) is 0 Å². The Labute approximate surface area is 289 Å². The molecule has 9 rings (SSSR count). The smallest absolute Gasteiger partial charge is 0.0434 e. The molecule has 0 saturated carbocycles. The van der Waals surface area contributed by atoms with Crippen molar-refractivity contribution >= 4 is 31.5 Å². The third-order valence-electron chi connectivity index (χ3n) is 9.34. The van der Waals surface area contributed by atoms with Crippen LogP contribution in [0.1, 0.15) is 0 Å². The number of thiophene rings is 1. The lowest BCUT2D eigenvalue weighted by atomic mass is 9.96. The zero-order valence-corrected chi connectivity index (χ0v) is 27.4. The Kier molecular flexibility index (Phi) is 7.38. The fourth-order valence-electron chi connectivity index (χ4n) is 6.74. The Bertz CT molecular complexity index is 2350. The van der Waals surface area contributed by atoms with Gasteiger partial charge < -0.3 is 0 Å². The molecular weight excluding hydrogens is 613 g/mol. The summed E-state index contributed by atoms with van der Waals surface area (Å²) in [5, 5.41) is 2.61. The Hall–Kier alpha value is -6.16. The largest absolute Gasteiger partial charge is 0.264 e. The SMILES string of the molecule is c1cncc(-c2ccc(-c3ccc(-c4cccc5c4sc4c(-c6ccc(-c7ccc(-c8cccnc8)cc7)cc6)cccc45)cc3)cc2)c1. The summed E-state index contributed by atoms with van der Waals surface area (Å²) in [6.45, 7) is 0. The van der Waals surface area contributed by atoms with Crippen molar-refractivity contribution in [2.75, 3.05) is 0 Å². The van der Waals surface area contributed by atoms with Gasteiger partial charge in [-0.3, -0.25) is 9.97 Å². The van der Waals surface area contributed by atoms with Gasteiger partial charge in [-0.2, -0.15) is 0 Å². The van der Waals surface area contributed by atoms with Crippen molar-refractivity contribution in [3.63, 3.8) is 0 Å². The molecule has 0 N–H and O–H groups in total. The standard InChI is InChI=1S/C46H30N2S/c1-7-41(37-23-19-33(20-24-37)31-11-15-35(16-12-31)39-5-3-27-47-29-39)45-43(9-1)44-10-2-8-42(46(44)49-45)38-25-21-34(22-26-38)32-13-17-36(18-14-32)40-6-4-28-48-30-40/h1-30H. The Morgan fingerprint density at radius 1 is 0.286 bits per heavy atom. The van der Waals surface area contributed by atoms with Gasteiger partial charge >= 0.3 is 0 Å². The normalized spacial score (nSPS) is 11.3. The fourth-order valence-corrected chi connectivity index (χ4v) is 8.11. The van der Waals surface area contributed by atoms with Gasteiger partial charge in [-0.1, -0.05) is 146 Å². The predicted molar refractivity (Wildman–Crippen MR) is 208 cm³/mol. The summed E-state index contributed by atoms with van der Waals surface area (Å²) in [6.07, 6.45) is 7.43. The van der Waals surface area contributed by atoms with Gasteiger partial charge in [0.15, 0.2) is 0 Å². The third kappa shape index (κ3) is 5.50. The molecule has 0 aliphatic rings. The Morgan fingerprint density at radius 2 is 0.612 bits per heavy atom. The summed E-state index contributed by atoms with van der Waals surface area (Å²) in [4.78, 5) is 8.52. The number of nitrogens with zero attached hydrogens (tertiary/aromatic N) is 2. The summed E-state index contributed by atoms with van der Waals surface area (Å²) in [7, 11) is 0. The molecule has 3 heteroatoms. The van der Waals surface area contributed by atoms with E-state index >= 15 is 0 Å². The van der Waals surface area contributed by atoms with E-state index in [0.717, 1.165) is 11.1 Å². The molecule has 2 nitrogen and oxygen atoms in total. The van der Waals surface area contributed by atoms with Crippen molar-refractivity contribution in [1.29, 1.82) is 0 Å². The Morgan fingerprint density at radius 3 is 0.939 bits per heavy atom. The minimum Gasteiger partial charge on any atom is -0.264 e. The van der Waals surface area contributed by atoms with Crippen LogP contribution >= 0.6 is 11.3 Å². The maximum Gasteiger partial charge on any atom is 0.0434 e. The molecular formula is C46H30N2S. The lowest BCUT2D eigenvalue weighted by Crippen LogP contribution is -1.83. The second-order valence-corrected chi connectivity index (χ2v) is 13.3. The van der Waals surface area contributed by atoms with E-state index in [1.807, 2.05) is 48.3 Å². The molecule has 0 amide bonds. The predicted octanol–water partition coefficient (Wildman–Crippen LogP) is 12.8. The number of rotatable bonds is 6. The first kappa shape index (κ1) is 29.0. The van der Waals surface area contributed by atoms with Gasteiger partial charge in [0.05, 0.1) is 0 Å². The molecule has 3 heterocycles. The van der Waals surface area contributed by atoms with Crippen LogP contribution in [0, 0.1) is 0 Å². The van der Waals surface area contributed by atoms with Gasteiger partial charge in [-0.05, 0) is 78.9 Å². The number of hydrogen-bond acceptors (Lipinski definition) is 3. The van der Waals surface area contributed by atoms with E-state index in [1.54, 1.807) is 0 Å². The molecule has 3 aromatic heterocycles. The highest BCUT2D eigenvalue weighted by Crippen LogP contribution is 2.44. The maximum absolute atomic E-state index is 4.26. The molecule has 0 bridgehead atoms. The lowest BCUT2D eigenvalue weighted by molar-refractivity contribution is 1.33. The zero-order chi connectivity index (χ0) is 32.6. The molecule has 230 valence electrons. The summed E-state index contributed by atoms with van der Waals surface area (Å²) in [6, 6.07) is 57.0. The van der Waals surface area contributed by atoms with Crippen molar-refractivity contribution in [2.45, 2.75) is 0 Å². The first-order valence-corrected chi connectivity index (χ1v) is 17.3. The van der Waals surface area contributed by atoms with Crippen LogP contribution in [0.3, 0.4) is 0 Å². The zero-order valence-electron chi connectivity index (χ0n) is 26.6. The molecule has 0 spiro atoms. The third-order valence-corrected chi connectivity index (χ3v) is 10.6. The topological polar surface area (TPSA) is 25.8 Å². The van der Waals surface area contributed by atoms with Crippen LogP contribution in [0.15, 0.2) is 183 Å². The van der Waals surface area contributed by atoms with Gasteiger partial charge in [0.2, 0.25) is 0 Å². The molecule has 0 saturated heterocycles. The molecule has 0 aliphatic carbocycles. The summed E-state index contributed by atoms with van der Waals surface area (Å²) >= 11 is 1.89. The van der Waals surface area contributed by atoms with Crippen molar-refractivity contribution in [1.82, 2.24) is 9.97 Å². The second-order valence-electron chi connectivity index (χ2n) is 12.3. The second kappa shape index (κ2) is 12.5. The van der Waals surface area contributed by atoms with E-state index < -0.39 is 0 Å². The highest BCUT2D eigenvalue weighted by atomic mass is 32.1. The van der Waals surface area contributed by atoms with Crippen LogP contribution < -0.4 is 0 Å². The number of benzene rings is 6. The van der Waals surface area contributed by atoms with E-state index in [9.17, 15) is 0 Å². The molecule has 49 heavy (non-hydrogen) atoms. The number of pyridine rings is 2. The molecule has 0 fully saturated rings. The van der Waals surface area contributed by atoms with Crippen molar-refractivity contribution in [3.8, 4) is 66.8 Å². The first-order valence-electron chi connectivity index (χ1n) is 16.5. The highest BCUT2D eigenvalue weighted by molar-refractivity contribution is 7.26. The average molecular weight is 643 g/mol. The molecule has 0 aliphatic heterocycles. The highest BCUT2D eigenvalue weighted by Gasteiger charge is 2.14. The molecule has 6 aromatic carbocycles. The van der Waals surface area contributed by atoms with E-state index in [1.165, 1.54) is 75.8 Å². The van der Waals surface area contributed by atoms with Gasteiger partial charge in [-0.15, -0.1) is 11.3 Å². The van der Waals surface area contributed by atoms with E-state index in [2.05, 4.69) is 156 Å². The van der Waals surface area contributed by atoms with Crippen LogP contribution in [-0.2, 0) is 0 Å². The Balaban J connectivity index is 1.01. The number of fused-ring (bicyclic) bond motifs is 3. The van der Waals surface area contributed by atoms with Crippen molar-refractivity contribution in [3.05, 3.63) is 183 Å². The fraction of sp³-hybridized carbons (Fsp3) is 0. The molecule has 0 atom stereocenters. The van der Waals surface area contributed by atoms with Gasteiger partial charge in [-0.25, -0.2) is 0 Å². The average Bonchev–Trinajstić information content (AvgIpc) is 3.58. The van der Waals surface area contributed by atoms with Gasteiger partial charge in [0, 0.05) is 45.0 Å². The quantitative estimate of drug-likeness (QED) is 0.180. The summed E-state index contributed by atoms with van der Waals surface area (Å²) in [5.41, 5.74) is 14.4. The van der Waals surface area contributed by atoms with E-state index in [4.69, 9.17) is 0 Å². The number of aromatic nitrogens is 2. The monoisotopic (exact) mass is 642 g/mol. The van der Waals surface area contributed by atoms with Gasteiger partial charge in [0.1, 0.15) is 0 Å². The maximum atomic E-state index is 4.26. The minimum atomic E-state index is 1.13. The van der Waals surface area contributed by atoms with Crippen molar-refractivity contribution in [2.24, 2.45) is 0 Å². The van der Waals surface area contributed by atoms with Crippen LogP contribution in [0.25, 0.3) is 86.9 Å². The molecule has 0 radical (unpaired) electrons. The molecule has 9 aromatic rings. The van der Waals surface area contributed by atoms with E-state index in [-0.39, 0.29) is 0 Å². The molecule has 0 unspecified atom stereocenters. The van der Waals surface area contributed by atoms with Crippen molar-refractivity contribution < 1.29 is 0 Å². The summed E-state index contributed by atoms with van der Waals surface area (Å²) in [5.74, 6) is 0. The van der Waals surface area contributed by atoms with Crippen LogP contribution in [0.5, 0.6) is 0 Å². The van der Waals surface area contributed by atoms with Crippen LogP contribution in [0.4, 0.5) is 0 Å². The van der Waals surface area contributed by atoms with E-state index in [0.29, 0.717) is 0 Å². The first-order chi connectivity index (χ1) is 24.3. The summed E-state index contributed by atoms with van der Waals surface area (Å²) < 4.78 is 2.65. The number of hydrogen-bond donors (Lipinski definition) is 0.